The Morgan fingerprint density at radius 3 is 2.59 bits per heavy atom. The van der Waals surface area contributed by atoms with Crippen LogP contribution in [0.4, 0.5) is 4.39 Å². The van der Waals surface area contributed by atoms with Gasteiger partial charge in [0, 0.05) is 44.7 Å². The van der Waals surface area contributed by atoms with Crippen molar-refractivity contribution in [2.24, 2.45) is 11.8 Å². The maximum Gasteiger partial charge on any atom is 0.320 e. The van der Waals surface area contributed by atoms with Gasteiger partial charge < -0.3 is 14.6 Å². The summed E-state index contributed by atoms with van der Waals surface area (Å²) in [6.07, 6.45) is 8.37. The molecule has 0 amide bonds. The molecule has 6 nitrogen and oxygen atoms in total. The molecule has 3 fully saturated rings. The number of hydrogen-bond acceptors (Lipinski definition) is 4. The Hall–Kier alpha value is -2.77. The number of benzene rings is 2. The number of rotatable bonds is 8. The molecule has 0 spiro atoms. The molecular formula is C30H37FN4O2. The van der Waals surface area contributed by atoms with Gasteiger partial charge in [0.1, 0.15) is 11.9 Å². The molecule has 0 radical (unpaired) electrons. The van der Waals surface area contributed by atoms with E-state index in [-0.39, 0.29) is 17.7 Å². The molecule has 3 aliphatic rings. The lowest BCUT2D eigenvalue weighted by Crippen LogP contribution is -2.43. The van der Waals surface area contributed by atoms with Gasteiger partial charge in [0.05, 0.1) is 17.4 Å². The van der Waals surface area contributed by atoms with E-state index in [0.29, 0.717) is 18.5 Å². The summed E-state index contributed by atoms with van der Waals surface area (Å²) in [6, 6.07) is 15.3. The van der Waals surface area contributed by atoms with E-state index in [1.807, 2.05) is 18.5 Å². The van der Waals surface area contributed by atoms with Crippen LogP contribution in [0.5, 0.6) is 0 Å². The third-order valence-corrected chi connectivity index (χ3v) is 9.18. The lowest BCUT2D eigenvalue weighted by Gasteiger charge is -2.35. The van der Waals surface area contributed by atoms with Crippen LogP contribution in [0.1, 0.15) is 56.0 Å². The molecule has 2 aromatic carbocycles. The van der Waals surface area contributed by atoms with E-state index in [1.165, 1.54) is 18.0 Å². The summed E-state index contributed by atoms with van der Waals surface area (Å²) in [5.41, 5.74) is 3.24. The van der Waals surface area contributed by atoms with Gasteiger partial charge in [0.25, 0.3) is 0 Å². The van der Waals surface area contributed by atoms with Crippen molar-refractivity contribution < 1.29 is 14.3 Å². The number of likely N-dealkylation sites (tertiary alicyclic amines) is 2. The number of carboxylic acids is 1. The number of aliphatic carboxylic acids is 1. The second-order valence-electron chi connectivity index (χ2n) is 11.4. The Bertz CT molecular complexity index is 1230. The fourth-order valence-electron chi connectivity index (χ4n) is 6.89. The Kier molecular flexibility index (Phi) is 7.00. The topological polar surface area (TPSA) is 61.6 Å². The largest absolute Gasteiger partial charge is 0.480 e. The van der Waals surface area contributed by atoms with Crippen LogP contribution in [-0.4, -0.2) is 69.2 Å². The highest BCUT2D eigenvalue weighted by molar-refractivity contribution is 5.75. The van der Waals surface area contributed by atoms with Gasteiger partial charge in [-0.25, -0.2) is 9.37 Å². The molecule has 0 bridgehead atoms. The molecule has 3 atom stereocenters. The molecule has 1 N–H and O–H groups in total. The summed E-state index contributed by atoms with van der Waals surface area (Å²) in [7, 11) is 0. The highest BCUT2D eigenvalue weighted by Gasteiger charge is 2.41. The van der Waals surface area contributed by atoms with Crippen molar-refractivity contribution >= 4 is 17.0 Å². The van der Waals surface area contributed by atoms with Crippen LogP contribution < -0.4 is 0 Å². The van der Waals surface area contributed by atoms with E-state index in [9.17, 15) is 14.3 Å². The zero-order valence-corrected chi connectivity index (χ0v) is 21.4. The lowest BCUT2D eigenvalue weighted by molar-refractivity contribution is -0.144. The quantitative estimate of drug-likeness (QED) is 0.459. The third kappa shape index (κ3) is 5.16. The van der Waals surface area contributed by atoms with Crippen molar-refractivity contribution in [2.45, 2.75) is 56.5 Å². The summed E-state index contributed by atoms with van der Waals surface area (Å²) in [6.45, 7) is 4.39. The Balaban J connectivity index is 1.15. The summed E-state index contributed by atoms with van der Waals surface area (Å²) in [5.74, 6) is 0.0437. The third-order valence-electron chi connectivity index (χ3n) is 9.18. The van der Waals surface area contributed by atoms with Gasteiger partial charge in [-0.1, -0.05) is 43.5 Å². The first-order chi connectivity index (χ1) is 18.0. The van der Waals surface area contributed by atoms with Crippen molar-refractivity contribution in [3.05, 3.63) is 66.2 Å². The number of carboxylic acid groups (broad SMARTS) is 1. The molecule has 3 aromatic rings. The van der Waals surface area contributed by atoms with E-state index < -0.39 is 12.0 Å². The van der Waals surface area contributed by atoms with Gasteiger partial charge in [-0.3, -0.25) is 9.69 Å². The standard InChI is InChI=1S/C30H37FN4O2/c31-24-8-4-7-22(16-24)26-19-34(29(30(36)37)15-21-5-3-6-21)18-23(26)17-33-13-11-25(12-14-33)35-20-32-27-9-1-2-10-28(27)35/h1-2,4,7-10,16,20-21,23,25-26,29H,3,5-6,11-15,17-19H2,(H,36,37)/t23?,26?,29-/m1/s1. The number of fused-ring (bicyclic) bond motifs is 1. The minimum atomic E-state index is -0.709. The van der Waals surface area contributed by atoms with Crippen LogP contribution >= 0.6 is 0 Å². The van der Waals surface area contributed by atoms with Gasteiger partial charge >= 0.3 is 5.97 Å². The molecule has 7 heteroatoms. The van der Waals surface area contributed by atoms with Crippen LogP contribution in [-0.2, 0) is 4.79 Å². The molecular weight excluding hydrogens is 467 g/mol. The number of carbonyl (C=O) groups is 1. The minimum absolute atomic E-state index is 0.147. The second kappa shape index (κ2) is 10.5. The van der Waals surface area contributed by atoms with E-state index >= 15 is 0 Å². The number of imidazole rings is 1. The van der Waals surface area contributed by atoms with E-state index in [0.717, 1.165) is 69.4 Å². The summed E-state index contributed by atoms with van der Waals surface area (Å²) in [5, 5.41) is 10.1. The van der Waals surface area contributed by atoms with Gasteiger partial charge in [-0.05, 0) is 60.9 Å². The lowest BCUT2D eigenvalue weighted by atomic mass is 9.80. The maximum absolute atomic E-state index is 14.2. The molecule has 2 saturated heterocycles. The van der Waals surface area contributed by atoms with Gasteiger partial charge in [-0.15, -0.1) is 0 Å². The molecule has 6 rings (SSSR count). The highest BCUT2D eigenvalue weighted by Crippen LogP contribution is 2.39. The van der Waals surface area contributed by atoms with Crippen LogP contribution in [0.15, 0.2) is 54.9 Å². The Morgan fingerprint density at radius 2 is 1.86 bits per heavy atom. The van der Waals surface area contributed by atoms with Gasteiger partial charge in [0.15, 0.2) is 0 Å². The summed E-state index contributed by atoms with van der Waals surface area (Å²) >= 11 is 0. The molecule has 1 aromatic heterocycles. The minimum Gasteiger partial charge on any atom is -0.480 e. The van der Waals surface area contributed by atoms with E-state index in [2.05, 4.69) is 37.5 Å². The first kappa shape index (κ1) is 24.6. The predicted molar refractivity (Wildman–Crippen MR) is 142 cm³/mol. The number of piperidine rings is 1. The van der Waals surface area contributed by atoms with Crippen molar-refractivity contribution in [2.75, 3.05) is 32.7 Å². The number of aromatic nitrogens is 2. The number of halogens is 1. The Labute approximate surface area is 218 Å². The van der Waals surface area contributed by atoms with Gasteiger partial charge in [-0.2, -0.15) is 0 Å². The molecule has 37 heavy (non-hydrogen) atoms. The molecule has 2 unspecified atom stereocenters. The predicted octanol–water partition coefficient (Wildman–Crippen LogP) is 5.17. The van der Waals surface area contributed by atoms with Crippen molar-refractivity contribution in [1.82, 2.24) is 19.4 Å². The van der Waals surface area contributed by atoms with Crippen molar-refractivity contribution in [3.8, 4) is 0 Å². The van der Waals surface area contributed by atoms with Crippen LogP contribution in [0, 0.1) is 17.7 Å². The fraction of sp³-hybridized carbons (Fsp3) is 0.533. The molecule has 196 valence electrons. The zero-order valence-electron chi connectivity index (χ0n) is 21.4. The van der Waals surface area contributed by atoms with E-state index in [4.69, 9.17) is 0 Å². The first-order valence-corrected chi connectivity index (χ1v) is 13.9. The number of hydrogen-bond donors (Lipinski definition) is 1. The average molecular weight is 505 g/mol. The smallest absolute Gasteiger partial charge is 0.320 e. The average Bonchev–Trinajstić information content (AvgIpc) is 3.48. The van der Waals surface area contributed by atoms with Crippen LogP contribution in [0.25, 0.3) is 11.0 Å². The second-order valence-corrected chi connectivity index (χ2v) is 11.4. The number of para-hydroxylation sites is 2. The van der Waals surface area contributed by atoms with Crippen molar-refractivity contribution in [1.29, 1.82) is 0 Å². The van der Waals surface area contributed by atoms with Crippen LogP contribution in [0.3, 0.4) is 0 Å². The molecule has 2 aliphatic heterocycles. The SMILES string of the molecule is O=C(O)[C@@H](CC1CCC1)N1CC(CN2CCC(n3cnc4ccccc43)CC2)C(c2cccc(F)c2)C1. The Morgan fingerprint density at radius 1 is 1.05 bits per heavy atom. The summed E-state index contributed by atoms with van der Waals surface area (Å²) < 4.78 is 16.5. The summed E-state index contributed by atoms with van der Waals surface area (Å²) in [4.78, 5) is 21.6. The van der Waals surface area contributed by atoms with Crippen molar-refractivity contribution in [3.63, 3.8) is 0 Å². The monoisotopic (exact) mass is 504 g/mol. The zero-order chi connectivity index (χ0) is 25.4. The maximum atomic E-state index is 14.2. The number of nitrogens with zero attached hydrogens (tertiary/aromatic N) is 4. The van der Waals surface area contributed by atoms with E-state index in [1.54, 1.807) is 12.1 Å². The van der Waals surface area contributed by atoms with Gasteiger partial charge in [0.2, 0.25) is 0 Å². The highest BCUT2D eigenvalue weighted by atomic mass is 19.1. The first-order valence-electron chi connectivity index (χ1n) is 13.9. The molecule has 3 heterocycles. The normalized spacial score (nSPS) is 24.9. The molecule has 1 aliphatic carbocycles. The fourth-order valence-corrected chi connectivity index (χ4v) is 6.89. The van der Waals surface area contributed by atoms with Crippen LogP contribution in [0.2, 0.25) is 0 Å². The molecule has 1 saturated carbocycles.